The minimum atomic E-state index is 0.926. The smallest absolute Gasteiger partial charge is 0.143 e. The molecule has 0 aliphatic carbocycles. The van der Waals surface area contributed by atoms with Gasteiger partial charge >= 0.3 is 0 Å². The van der Waals surface area contributed by atoms with Gasteiger partial charge in [0, 0.05) is 32.8 Å². The number of hydrogen-bond donors (Lipinski definition) is 0. The molecule has 2 heterocycles. The van der Waals surface area contributed by atoms with Crippen molar-refractivity contribution in [3.8, 4) is 16.8 Å². The number of aromatic nitrogens is 1. The number of nitrogens with zero attached hydrogens (tertiary/aromatic N) is 1. The Kier molecular flexibility index (Phi) is 3.42. The molecule has 2 aromatic heterocycles. The molecular formula is C32H19NO. The Labute approximate surface area is 195 Å². The molecule has 2 nitrogen and oxygen atoms in total. The van der Waals surface area contributed by atoms with Gasteiger partial charge in [-0.1, -0.05) is 78.9 Å². The predicted octanol–water partition coefficient (Wildman–Crippen LogP) is 8.94. The first-order valence-corrected chi connectivity index (χ1v) is 11.6. The van der Waals surface area contributed by atoms with Crippen LogP contribution in [0.3, 0.4) is 0 Å². The molecule has 0 saturated heterocycles. The molecule has 0 unspecified atom stereocenters. The molecule has 0 saturated carbocycles. The van der Waals surface area contributed by atoms with E-state index in [1.165, 1.54) is 43.8 Å². The van der Waals surface area contributed by atoms with Crippen LogP contribution in [-0.2, 0) is 0 Å². The van der Waals surface area contributed by atoms with Gasteiger partial charge in [-0.15, -0.1) is 0 Å². The Morgan fingerprint density at radius 2 is 1.29 bits per heavy atom. The topological polar surface area (TPSA) is 18.1 Å². The van der Waals surface area contributed by atoms with Crippen molar-refractivity contribution in [2.75, 3.05) is 0 Å². The molecule has 0 atom stereocenters. The van der Waals surface area contributed by atoms with Gasteiger partial charge in [-0.05, 0) is 52.7 Å². The molecular weight excluding hydrogens is 414 g/mol. The van der Waals surface area contributed by atoms with Crippen LogP contribution in [0.25, 0.3) is 71.3 Å². The molecule has 158 valence electrons. The second-order valence-corrected chi connectivity index (χ2v) is 8.99. The largest absolute Gasteiger partial charge is 0.455 e. The molecule has 8 rings (SSSR count). The van der Waals surface area contributed by atoms with Crippen LogP contribution in [0, 0.1) is 0 Å². The fourth-order valence-electron chi connectivity index (χ4n) is 5.68. The number of hydrogen-bond acceptors (Lipinski definition) is 1. The second kappa shape index (κ2) is 6.49. The first kappa shape index (κ1) is 17.9. The van der Waals surface area contributed by atoms with Crippen molar-refractivity contribution in [2.24, 2.45) is 0 Å². The quantitative estimate of drug-likeness (QED) is 0.249. The van der Waals surface area contributed by atoms with E-state index in [1.807, 2.05) is 12.1 Å². The lowest BCUT2D eigenvalue weighted by molar-refractivity contribution is 0.670. The summed E-state index contributed by atoms with van der Waals surface area (Å²) in [5.74, 6) is 0. The van der Waals surface area contributed by atoms with Crippen molar-refractivity contribution in [1.82, 2.24) is 4.57 Å². The van der Waals surface area contributed by atoms with E-state index < -0.39 is 0 Å². The fraction of sp³-hybridized carbons (Fsp3) is 0. The molecule has 0 aliphatic rings. The van der Waals surface area contributed by atoms with E-state index in [4.69, 9.17) is 4.42 Å². The first-order chi connectivity index (χ1) is 16.9. The molecule has 0 spiro atoms. The van der Waals surface area contributed by atoms with Crippen molar-refractivity contribution in [2.45, 2.75) is 0 Å². The van der Waals surface area contributed by atoms with Gasteiger partial charge < -0.3 is 8.98 Å². The Bertz CT molecular complexity index is 2010. The van der Waals surface area contributed by atoms with Gasteiger partial charge in [0.1, 0.15) is 11.2 Å². The van der Waals surface area contributed by atoms with E-state index in [2.05, 4.69) is 108 Å². The van der Waals surface area contributed by atoms with Crippen LogP contribution < -0.4 is 0 Å². The average molecular weight is 434 g/mol. The van der Waals surface area contributed by atoms with Crippen molar-refractivity contribution in [1.29, 1.82) is 0 Å². The summed E-state index contributed by atoms with van der Waals surface area (Å²) in [5, 5.41) is 7.48. The van der Waals surface area contributed by atoms with E-state index in [0.29, 0.717) is 0 Å². The molecule has 0 aliphatic heterocycles. The van der Waals surface area contributed by atoms with E-state index in [1.54, 1.807) is 0 Å². The zero-order valence-corrected chi connectivity index (χ0v) is 18.3. The number of furan rings is 1. The third-order valence-electron chi connectivity index (χ3n) is 7.13. The summed E-state index contributed by atoms with van der Waals surface area (Å²) in [5.41, 5.74) is 7.79. The van der Waals surface area contributed by atoms with Crippen LogP contribution in [0.5, 0.6) is 0 Å². The minimum absolute atomic E-state index is 0.926. The summed E-state index contributed by atoms with van der Waals surface area (Å²) in [6.07, 6.45) is 0. The van der Waals surface area contributed by atoms with Gasteiger partial charge in [-0.3, -0.25) is 0 Å². The standard InChI is InChI=1S/C32H19NO/c1-2-9-23(10-3-1)33-27-14-6-8-20-16-17-21-18-22(19-28(33)31(21)30(20)27)24-12-7-13-26-25-11-4-5-15-29(25)34-32(24)26/h1-19H. The molecule has 0 bridgehead atoms. The molecule has 0 fully saturated rings. The Hall–Kier alpha value is -4.56. The predicted molar refractivity (Wildman–Crippen MR) is 142 cm³/mol. The van der Waals surface area contributed by atoms with Gasteiger partial charge in [0.25, 0.3) is 0 Å². The average Bonchev–Trinajstić information content (AvgIpc) is 3.44. The zero-order chi connectivity index (χ0) is 22.2. The highest BCUT2D eigenvalue weighted by Crippen LogP contribution is 2.43. The SMILES string of the molecule is c1ccc(-n2c3cccc4ccc5cc(-c6cccc7c6oc6ccccc67)cc2c5c43)cc1. The van der Waals surface area contributed by atoms with Crippen LogP contribution in [0.15, 0.2) is 120 Å². The van der Waals surface area contributed by atoms with Crippen LogP contribution in [0.2, 0.25) is 0 Å². The lowest BCUT2D eigenvalue weighted by Crippen LogP contribution is -1.93. The second-order valence-electron chi connectivity index (χ2n) is 8.99. The van der Waals surface area contributed by atoms with Crippen LogP contribution in [-0.4, -0.2) is 4.57 Å². The Morgan fingerprint density at radius 3 is 2.24 bits per heavy atom. The number of para-hydroxylation sites is 3. The number of benzene rings is 6. The van der Waals surface area contributed by atoms with Crippen molar-refractivity contribution in [3.63, 3.8) is 0 Å². The van der Waals surface area contributed by atoms with Crippen LogP contribution >= 0.6 is 0 Å². The normalized spacial score (nSPS) is 12.1. The zero-order valence-electron chi connectivity index (χ0n) is 18.3. The summed E-state index contributed by atoms with van der Waals surface area (Å²) in [6, 6.07) is 41.1. The summed E-state index contributed by atoms with van der Waals surface area (Å²) in [6.45, 7) is 0. The molecule has 6 aromatic carbocycles. The van der Waals surface area contributed by atoms with Crippen LogP contribution in [0.4, 0.5) is 0 Å². The van der Waals surface area contributed by atoms with E-state index >= 15 is 0 Å². The van der Waals surface area contributed by atoms with Crippen LogP contribution in [0.1, 0.15) is 0 Å². The summed E-state index contributed by atoms with van der Waals surface area (Å²) in [7, 11) is 0. The van der Waals surface area contributed by atoms with E-state index in [0.717, 1.165) is 27.5 Å². The molecule has 34 heavy (non-hydrogen) atoms. The fourth-order valence-corrected chi connectivity index (χ4v) is 5.68. The highest BCUT2D eigenvalue weighted by atomic mass is 16.3. The lowest BCUT2D eigenvalue weighted by atomic mass is 9.96. The molecule has 0 radical (unpaired) electrons. The van der Waals surface area contributed by atoms with E-state index in [9.17, 15) is 0 Å². The van der Waals surface area contributed by atoms with Gasteiger partial charge in [0.15, 0.2) is 0 Å². The van der Waals surface area contributed by atoms with Gasteiger partial charge in [0.2, 0.25) is 0 Å². The summed E-state index contributed by atoms with van der Waals surface area (Å²) >= 11 is 0. The molecule has 8 aromatic rings. The summed E-state index contributed by atoms with van der Waals surface area (Å²) in [4.78, 5) is 0. The van der Waals surface area contributed by atoms with Gasteiger partial charge in [0.05, 0.1) is 11.0 Å². The Balaban J connectivity index is 1.53. The maximum atomic E-state index is 6.38. The van der Waals surface area contributed by atoms with Crippen molar-refractivity contribution < 1.29 is 4.42 Å². The summed E-state index contributed by atoms with van der Waals surface area (Å²) < 4.78 is 8.78. The Morgan fingerprint density at radius 1 is 0.529 bits per heavy atom. The molecule has 2 heteroatoms. The lowest BCUT2D eigenvalue weighted by Gasteiger charge is -2.10. The number of rotatable bonds is 2. The monoisotopic (exact) mass is 433 g/mol. The molecule has 0 N–H and O–H groups in total. The molecule has 0 amide bonds. The van der Waals surface area contributed by atoms with Gasteiger partial charge in [-0.2, -0.15) is 0 Å². The maximum absolute atomic E-state index is 6.38. The van der Waals surface area contributed by atoms with E-state index in [-0.39, 0.29) is 0 Å². The number of fused-ring (bicyclic) bond motifs is 3. The van der Waals surface area contributed by atoms with Crippen molar-refractivity contribution >= 4 is 54.5 Å². The van der Waals surface area contributed by atoms with Crippen molar-refractivity contribution in [3.05, 3.63) is 115 Å². The first-order valence-electron chi connectivity index (χ1n) is 11.6. The third kappa shape index (κ3) is 2.29. The highest BCUT2D eigenvalue weighted by molar-refractivity contribution is 6.25. The van der Waals surface area contributed by atoms with Gasteiger partial charge in [-0.25, -0.2) is 0 Å². The third-order valence-corrected chi connectivity index (χ3v) is 7.13. The minimum Gasteiger partial charge on any atom is -0.455 e. The maximum Gasteiger partial charge on any atom is 0.143 e. The highest BCUT2D eigenvalue weighted by Gasteiger charge is 2.19.